The number of imidazole rings is 1. The van der Waals surface area contributed by atoms with Gasteiger partial charge in [-0.15, -0.1) is 0 Å². The largest absolute Gasteiger partial charge is 0.333 e. The molecule has 6 heteroatoms. The number of aromatic nitrogens is 2. The lowest BCUT2D eigenvalue weighted by molar-refractivity contribution is -0.113. The van der Waals surface area contributed by atoms with Crippen LogP contribution in [-0.4, -0.2) is 27.4 Å². The summed E-state index contributed by atoms with van der Waals surface area (Å²) in [6, 6.07) is 14.7. The number of amides is 1. The van der Waals surface area contributed by atoms with Gasteiger partial charge in [0.1, 0.15) is 0 Å². The minimum Gasteiger partial charge on any atom is -0.333 e. The van der Waals surface area contributed by atoms with Crippen LogP contribution >= 0.6 is 11.8 Å². The topological polar surface area (TPSA) is 74.8 Å². The highest BCUT2D eigenvalue weighted by molar-refractivity contribution is 7.99. The van der Waals surface area contributed by atoms with Crippen LogP contribution in [0.2, 0.25) is 0 Å². The minimum absolute atomic E-state index is 0.0779. The van der Waals surface area contributed by atoms with Gasteiger partial charge in [-0.05, 0) is 31.2 Å². The molecule has 2 N–H and O–H groups in total. The maximum absolute atomic E-state index is 12.1. The summed E-state index contributed by atoms with van der Waals surface area (Å²) in [5.41, 5.74) is 2.86. The lowest BCUT2D eigenvalue weighted by Gasteiger charge is -2.08. The number of ketones is 1. The molecule has 1 heterocycles. The van der Waals surface area contributed by atoms with Crippen molar-refractivity contribution in [3.63, 3.8) is 0 Å². The molecule has 2 aromatic carbocycles. The number of H-pyrrole nitrogens is 1. The van der Waals surface area contributed by atoms with Gasteiger partial charge in [-0.2, -0.15) is 0 Å². The molecule has 0 saturated heterocycles. The summed E-state index contributed by atoms with van der Waals surface area (Å²) in [4.78, 5) is 31.2. The molecule has 0 saturated carbocycles. The first-order valence-electron chi connectivity index (χ1n) is 7.11. The first-order valence-corrected chi connectivity index (χ1v) is 8.09. The zero-order valence-corrected chi connectivity index (χ0v) is 13.3. The highest BCUT2D eigenvalue weighted by atomic mass is 32.2. The number of hydrogen-bond acceptors (Lipinski definition) is 4. The molecule has 0 aliphatic carbocycles. The maximum atomic E-state index is 12.1. The Morgan fingerprint density at radius 3 is 2.65 bits per heavy atom. The number of aromatic amines is 1. The summed E-state index contributed by atoms with van der Waals surface area (Å²) >= 11 is 1.32. The standard InChI is InChI=1S/C17H15N3O2S/c1-11(21)12-6-2-3-7-13(12)18-16(22)10-23-17-19-14-8-4-5-9-15(14)20-17/h2-9H,10H2,1H3,(H,18,22)(H,19,20). The van der Waals surface area contributed by atoms with Crippen LogP contribution in [0.3, 0.4) is 0 Å². The summed E-state index contributed by atoms with van der Waals surface area (Å²) in [5, 5.41) is 3.47. The summed E-state index contributed by atoms with van der Waals surface area (Å²) in [6.07, 6.45) is 0. The lowest BCUT2D eigenvalue weighted by Crippen LogP contribution is -2.16. The molecular formula is C17H15N3O2S. The van der Waals surface area contributed by atoms with Gasteiger partial charge in [0.25, 0.3) is 0 Å². The number of rotatable bonds is 5. The van der Waals surface area contributed by atoms with Crippen molar-refractivity contribution in [1.82, 2.24) is 9.97 Å². The number of thioether (sulfide) groups is 1. The molecule has 1 aromatic heterocycles. The molecule has 0 aliphatic heterocycles. The van der Waals surface area contributed by atoms with Crippen LogP contribution in [0.5, 0.6) is 0 Å². The third kappa shape index (κ3) is 3.60. The van der Waals surface area contributed by atoms with Crippen molar-refractivity contribution < 1.29 is 9.59 Å². The Kier molecular flexibility index (Phi) is 4.43. The Labute approximate surface area is 137 Å². The van der Waals surface area contributed by atoms with E-state index in [9.17, 15) is 9.59 Å². The average molecular weight is 325 g/mol. The van der Waals surface area contributed by atoms with E-state index in [0.29, 0.717) is 16.4 Å². The fraction of sp³-hybridized carbons (Fsp3) is 0.118. The van der Waals surface area contributed by atoms with Gasteiger partial charge >= 0.3 is 0 Å². The predicted octanol–water partition coefficient (Wildman–Crippen LogP) is 3.50. The number of anilines is 1. The van der Waals surface area contributed by atoms with Crippen molar-refractivity contribution in [2.24, 2.45) is 0 Å². The van der Waals surface area contributed by atoms with E-state index in [4.69, 9.17) is 0 Å². The maximum Gasteiger partial charge on any atom is 0.234 e. The zero-order valence-electron chi connectivity index (χ0n) is 12.5. The molecule has 23 heavy (non-hydrogen) atoms. The molecule has 5 nitrogen and oxygen atoms in total. The van der Waals surface area contributed by atoms with Crippen molar-refractivity contribution in [2.45, 2.75) is 12.1 Å². The molecule has 3 aromatic rings. The normalized spacial score (nSPS) is 10.7. The van der Waals surface area contributed by atoms with Crippen LogP contribution in [-0.2, 0) is 4.79 Å². The molecular weight excluding hydrogens is 310 g/mol. The van der Waals surface area contributed by atoms with Crippen LogP contribution < -0.4 is 5.32 Å². The van der Waals surface area contributed by atoms with Crippen molar-refractivity contribution in [2.75, 3.05) is 11.1 Å². The van der Waals surface area contributed by atoms with Gasteiger partial charge in [0.05, 0.1) is 22.5 Å². The van der Waals surface area contributed by atoms with Crippen molar-refractivity contribution in [3.8, 4) is 0 Å². The van der Waals surface area contributed by atoms with Gasteiger partial charge in [-0.25, -0.2) is 4.98 Å². The fourth-order valence-electron chi connectivity index (χ4n) is 2.22. The van der Waals surface area contributed by atoms with Gasteiger partial charge in [0, 0.05) is 5.56 Å². The number of benzene rings is 2. The summed E-state index contributed by atoms with van der Waals surface area (Å²) in [7, 11) is 0. The number of para-hydroxylation sites is 3. The predicted molar refractivity (Wildman–Crippen MR) is 91.9 cm³/mol. The highest BCUT2D eigenvalue weighted by Gasteiger charge is 2.11. The summed E-state index contributed by atoms with van der Waals surface area (Å²) in [5.74, 6) is -0.0403. The van der Waals surface area contributed by atoms with E-state index in [2.05, 4.69) is 15.3 Å². The molecule has 0 atom stereocenters. The van der Waals surface area contributed by atoms with Gasteiger partial charge < -0.3 is 10.3 Å². The Balaban J connectivity index is 1.65. The van der Waals surface area contributed by atoms with E-state index in [-0.39, 0.29) is 17.4 Å². The monoisotopic (exact) mass is 325 g/mol. The molecule has 0 aliphatic rings. The average Bonchev–Trinajstić information content (AvgIpc) is 2.96. The number of nitrogens with one attached hydrogen (secondary N) is 2. The second-order valence-corrected chi connectivity index (χ2v) is 5.96. The second-order valence-electron chi connectivity index (χ2n) is 5.00. The van der Waals surface area contributed by atoms with Crippen molar-refractivity contribution in [3.05, 3.63) is 54.1 Å². The zero-order chi connectivity index (χ0) is 16.2. The van der Waals surface area contributed by atoms with Crippen LogP contribution in [0.1, 0.15) is 17.3 Å². The molecule has 0 fully saturated rings. The molecule has 0 unspecified atom stereocenters. The Morgan fingerprint density at radius 1 is 1.13 bits per heavy atom. The first-order chi connectivity index (χ1) is 11.1. The first kappa shape index (κ1) is 15.3. The van der Waals surface area contributed by atoms with Gasteiger partial charge in [-0.3, -0.25) is 9.59 Å². The fourth-order valence-corrected chi connectivity index (χ4v) is 2.90. The molecule has 0 spiro atoms. The minimum atomic E-state index is -0.177. The number of nitrogens with zero attached hydrogens (tertiary/aromatic N) is 1. The SMILES string of the molecule is CC(=O)c1ccccc1NC(=O)CSc1nc2ccccc2[nH]1. The van der Waals surface area contributed by atoms with E-state index in [1.165, 1.54) is 18.7 Å². The number of Topliss-reactive ketones (excluding diaryl/α,β-unsaturated/α-hetero) is 1. The van der Waals surface area contributed by atoms with Crippen LogP contribution in [0.4, 0.5) is 5.69 Å². The lowest BCUT2D eigenvalue weighted by atomic mass is 10.1. The quantitative estimate of drug-likeness (QED) is 0.556. The van der Waals surface area contributed by atoms with Gasteiger partial charge in [0.2, 0.25) is 5.91 Å². The Hall–Kier alpha value is -2.60. The molecule has 0 radical (unpaired) electrons. The van der Waals surface area contributed by atoms with Gasteiger partial charge in [0.15, 0.2) is 10.9 Å². The third-order valence-corrected chi connectivity index (χ3v) is 4.16. The Morgan fingerprint density at radius 2 is 1.87 bits per heavy atom. The summed E-state index contributed by atoms with van der Waals surface area (Å²) in [6.45, 7) is 1.48. The highest BCUT2D eigenvalue weighted by Crippen LogP contribution is 2.20. The van der Waals surface area contributed by atoms with E-state index in [1.54, 1.807) is 24.3 Å². The third-order valence-electron chi connectivity index (χ3n) is 3.29. The smallest absolute Gasteiger partial charge is 0.234 e. The van der Waals surface area contributed by atoms with Crippen molar-refractivity contribution in [1.29, 1.82) is 0 Å². The number of hydrogen-bond donors (Lipinski definition) is 2. The number of fused-ring (bicyclic) bond motifs is 1. The molecule has 3 rings (SSSR count). The van der Waals surface area contributed by atoms with E-state index in [0.717, 1.165) is 11.0 Å². The van der Waals surface area contributed by atoms with E-state index < -0.39 is 0 Å². The molecule has 0 bridgehead atoms. The van der Waals surface area contributed by atoms with E-state index in [1.807, 2.05) is 24.3 Å². The second kappa shape index (κ2) is 6.66. The van der Waals surface area contributed by atoms with Crippen LogP contribution in [0.25, 0.3) is 11.0 Å². The van der Waals surface area contributed by atoms with Gasteiger partial charge in [-0.1, -0.05) is 36.0 Å². The summed E-state index contributed by atoms with van der Waals surface area (Å²) < 4.78 is 0. The van der Waals surface area contributed by atoms with Crippen molar-refractivity contribution >= 4 is 40.2 Å². The van der Waals surface area contributed by atoms with E-state index >= 15 is 0 Å². The van der Waals surface area contributed by atoms with Crippen LogP contribution in [0.15, 0.2) is 53.7 Å². The Bertz CT molecular complexity index is 840. The molecule has 1 amide bonds. The number of carbonyl (C=O) groups excluding carboxylic acids is 2. The van der Waals surface area contributed by atoms with Crippen LogP contribution in [0, 0.1) is 0 Å². The number of carbonyl (C=O) groups is 2. The molecule has 116 valence electrons.